The zero-order chi connectivity index (χ0) is 7.64. The van der Waals surface area contributed by atoms with E-state index in [1.165, 1.54) is 11.8 Å². The lowest BCUT2D eigenvalue weighted by Gasteiger charge is -2.25. The quantitative estimate of drug-likeness (QED) is 0.539. The number of hydrogen-bond acceptors (Lipinski definition) is 0. The van der Waals surface area contributed by atoms with Crippen LogP contribution in [0.3, 0.4) is 0 Å². The second kappa shape index (κ2) is 1.67. The van der Waals surface area contributed by atoms with Crippen molar-refractivity contribution in [2.24, 2.45) is 29.1 Å². The molecule has 3 unspecified atom stereocenters. The van der Waals surface area contributed by atoms with Crippen LogP contribution in [0.5, 0.6) is 0 Å². The maximum Gasteiger partial charge on any atom is -0.0212 e. The minimum atomic E-state index is 0.878. The zero-order valence-corrected chi connectivity index (χ0v) is 7.64. The van der Waals surface area contributed by atoms with Crippen molar-refractivity contribution in [2.75, 3.05) is 0 Å². The molecule has 0 amide bonds. The van der Waals surface area contributed by atoms with Crippen LogP contribution in [0.4, 0.5) is 0 Å². The predicted octanol–water partition coefficient (Wildman–Crippen LogP) is 3.08. The van der Waals surface area contributed by atoms with Crippen molar-refractivity contribution in [2.45, 2.75) is 39.5 Å². The SMILES string of the molecule is CC(C)[C@]12CC1CCC1CC12. The van der Waals surface area contributed by atoms with E-state index in [9.17, 15) is 0 Å². The highest BCUT2D eigenvalue weighted by atomic mass is 14.7. The first kappa shape index (κ1) is 6.51. The molecule has 0 bridgehead atoms. The highest BCUT2D eigenvalue weighted by molar-refractivity contribution is 5.17. The molecule has 3 fully saturated rings. The highest BCUT2D eigenvalue weighted by Gasteiger charge is 2.68. The minimum Gasteiger partial charge on any atom is -0.0622 e. The Bertz CT molecular complexity index is 194. The molecular weight excluding hydrogens is 132 g/mol. The van der Waals surface area contributed by atoms with Gasteiger partial charge in [-0.2, -0.15) is 0 Å². The highest BCUT2D eigenvalue weighted by Crippen LogP contribution is 2.76. The van der Waals surface area contributed by atoms with Crippen LogP contribution in [0.15, 0.2) is 0 Å². The summed E-state index contributed by atoms with van der Waals surface area (Å²) < 4.78 is 0. The molecule has 0 aliphatic heterocycles. The van der Waals surface area contributed by atoms with E-state index in [-0.39, 0.29) is 0 Å². The van der Waals surface area contributed by atoms with Gasteiger partial charge < -0.3 is 0 Å². The van der Waals surface area contributed by atoms with Crippen molar-refractivity contribution in [3.05, 3.63) is 0 Å². The molecule has 0 saturated heterocycles. The van der Waals surface area contributed by atoms with Crippen LogP contribution in [-0.2, 0) is 0 Å². The van der Waals surface area contributed by atoms with Gasteiger partial charge in [-0.25, -0.2) is 0 Å². The Hall–Kier alpha value is 0. The summed E-state index contributed by atoms with van der Waals surface area (Å²) in [6, 6.07) is 0. The van der Waals surface area contributed by atoms with Crippen LogP contribution in [0, 0.1) is 29.1 Å². The van der Waals surface area contributed by atoms with Gasteiger partial charge >= 0.3 is 0 Å². The van der Waals surface area contributed by atoms with Crippen LogP contribution >= 0.6 is 0 Å². The largest absolute Gasteiger partial charge is 0.0622 e. The summed E-state index contributed by atoms with van der Waals surface area (Å²) in [7, 11) is 0. The van der Waals surface area contributed by atoms with Crippen molar-refractivity contribution >= 4 is 0 Å². The third-order valence-electron chi connectivity index (χ3n) is 4.77. The van der Waals surface area contributed by atoms with Crippen molar-refractivity contribution in [3.63, 3.8) is 0 Å². The van der Waals surface area contributed by atoms with Crippen molar-refractivity contribution in [1.29, 1.82) is 0 Å². The fourth-order valence-electron chi connectivity index (χ4n) is 3.97. The molecule has 0 spiro atoms. The lowest BCUT2D eigenvalue weighted by molar-refractivity contribution is 0.231. The molecule has 0 heteroatoms. The van der Waals surface area contributed by atoms with E-state index in [2.05, 4.69) is 13.8 Å². The van der Waals surface area contributed by atoms with Crippen LogP contribution in [-0.4, -0.2) is 0 Å². The number of hydrogen-bond donors (Lipinski definition) is 0. The van der Waals surface area contributed by atoms with E-state index in [1.807, 2.05) is 0 Å². The fraction of sp³-hybridized carbons (Fsp3) is 1.00. The van der Waals surface area contributed by atoms with E-state index in [0.717, 1.165) is 17.3 Å². The smallest absolute Gasteiger partial charge is 0.0212 e. The summed E-state index contributed by atoms with van der Waals surface area (Å²) in [4.78, 5) is 0. The molecule has 0 aromatic carbocycles. The van der Waals surface area contributed by atoms with Gasteiger partial charge in [0.1, 0.15) is 0 Å². The molecule has 0 heterocycles. The van der Waals surface area contributed by atoms with E-state index >= 15 is 0 Å². The van der Waals surface area contributed by atoms with Gasteiger partial charge in [-0.1, -0.05) is 13.8 Å². The third-order valence-corrected chi connectivity index (χ3v) is 4.77. The maximum atomic E-state index is 2.45. The topological polar surface area (TPSA) is 0 Å². The molecule has 0 nitrogen and oxygen atoms in total. The standard InChI is InChI=1S/C11H18/c1-7(2)11-6-9(11)4-3-8-5-10(8)11/h7-10H,3-6H2,1-2H3/t8?,9?,10?,11-/m1/s1. The Labute approximate surface area is 69.4 Å². The van der Waals surface area contributed by atoms with Gasteiger partial charge in [-0.15, -0.1) is 0 Å². The number of fused-ring (bicyclic) bond motifs is 3. The molecule has 0 N–H and O–H groups in total. The molecule has 3 saturated carbocycles. The second-order valence-electron chi connectivity index (χ2n) is 5.35. The summed E-state index contributed by atoms with van der Waals surface area (Å²) in [5, 5.41) is 0. The molecule has 62 valence electrons. The first-order valence-electron chi connectivity index (χ1n) is 5.25. The summed E-state index contributed by atoms with van der Waals surface area (Å²) >= 11 is 0. The van der Waals surface area contributed by atoms with Crippen molar-refractivity contribution in [3.8, 4) is 0 Å². The average molecular weight is 150 g/mol. The van der Waals surface area contributed by atoms with Gasteiger partial charge in [0, 0.05) is 0 Å². The summed E-state index contributed by atoms with van der Waals surface area (Å²) in [6.45, 7) is 4.89. The molecule has 3 aliphatic rings. The molecule has 4 atom stereocenters. The van der Waals surface area contributed by atoms with Gasteiger partial charge in [0.15, 0.2) is 0 Å². The van der Waals surface area contributed by atoms with E-state index in [1.54, 1.807) is 25.7 Å². The Balaban J connectivity index is 1.89. The van der Waals surface area contributed by atoms with Crippen LogP contribution in [0.25, 0.3) is 0 Å². The van der Waals surface area contributed by atoms with E-state index in [4.69, 9.17) is 0 Å². The Morgan fingerprint density at radius 1 is 1.27 bits per heavy atom. The van der Waals surface area contributed by atoms with Gasteiger partial charge in [-0.05, 0) is 54.8 Å². The summed E-state index contributed by atoms with van der Waals surface area (Å²) in [6.07, 6.45) is 6.32. The van der Waals surface area contributed by atoms with Crippen molar-refractivity contribution in [1.82, 2.24) is 0 Å². The molecule has 0 aromatic heterocycles. The number of rotatable bonds is 1. The normalized spacial score (nSPS) is 58.6. The monoisotopic (exact) mass is 150 g/mol. The summed E-state index contributed by atoms with van der Waals surface area (Å²) in [5.74, 6) is 4.49. The van der Waals surface area contributed by atoms with Gasteiger partial charge in [0.2, 0.25) is 0 Å². The molecular formula is C11H18. The Morgan fingerprint density at radius 2 is 2.09 bits per heavy atom. The van der Waals surface area contributed by atoms with E-state index < -0.39 is 0 Å². The molecule has 3 rings (SSSR count). The van der Waals surface area contributed by atoms with Gasteiger partial charge in [-0.3, -0.25) is 0 Å². The molecule has 0 aromatic rings. The lowest BCUT2D eigenvalue weighted by atomic mass is 9.80. The van der Waals surface area contributed by atoms with Gasteiger partial charge in [0.25, 0.3) is 0 Å². The second-order valence-corrected chi connectivity index (χ2v) is 5.35. The maximum absolute atomic E-state index is 2.45. The summed E-state index contributed by atoms with van der Waals surface area (Å²) in [5.41, 5.74) is 0.878. The van der Waals surface area contributed by atoms with Crippen LogP contribution in [0.2, 0.25) is 0 Å². The van der Waals surface area contributed by atoms with E-state index in [0.29, 0.717) is 0 Å². The van der Waals surface area contributed by atoms with Crippen molar-refractivity contribution < 1.29 is 0 Å². The van der Waals surface area contributed by atoms with Crippen LogP contribution < -0.4 is 0 Å². The Morgan fingerprint density at radius 3 is 2.73 bits per heavy atom. The predicted molar refractivity (Wildman–Crippen MR) is 46.2 cm³/mol. The van der Waals surface area contributed by atoms with Gasteiger partial charge in [0.05, 0.1) is 0 Å². The Kier molecular flexibility index (Phi) is 0.990. The first-order chi connectivity index (χ1) is 5.25. The molecule has 11 heavy (non-hydrogen) atoms. The minimum absolute atomic E-state index is 0.878. The third kappa shape index (κ3) is 0.625. The first-order valence-corrected chi connectivity index (χ1v) is 5.25. The molecule has 0 radical (unpaired) electrons. The fourth-order valence-corrected chi connectivity index (χ4v) is 3.97. The van der Waals surface area contributed by atoms with Crippen LogP contribution in [0.1, 0.15) is 39.5 Å². The average Bonchev–Trinajstić information content (AvgIpc) is 2.81. The lowest BCUT2D eigenvalue weighted by Crippen LogP contribution is -2.19. The zero-order valence-electron chi connectivity index (χ0n) is 7.64. The molecule has 3 aliphatic carbocycles.